The van der Waals surface area contributed by atoms with Gasteiger partial charge in [-0.05, 0) is 37.3 Å². The van der Waals surface area contributed by atoms with E-state index in [1.807, 2.05) is 31.2 Å². The molecule has 0 atom stereocenters. The first kappa shape index (κ1) is 22.2. The van der Waals surface area contributed by atoms with Crippen LogP contribution in [0.1, 0.15) is 12.0 Å². The summed E-state index contributed by atoms with van der Waals surface area (Å²) in [5, 5.41) is 16.7. The highest BCUT2D eigenvalue weighted by molar-refractivity contribution is 7.71. The summed E-state index contributed by atoms with van der Waals surface area (Å²) in [4.78, 5) is 16.9. The first-order valence-electron chi connectivity index (χ1n) is 10.2. The van der Waals surface area contributed by atoms with Gasteiger partial charge < -0.3 is 9.47 Å². The van der Waals surface area contributed by atoms with Gasteiger partial charge in [-0.15, -0.1) is 5.10 Å². The number of amides is 1. The molecule has 3 N–H and O–H groups in total. The number of aryl methyl sites for hydroxylation is 1. The number of carbonyl (C=O) groups excluding carboxylic acids is 1. The van der Waals surface area contributed by atoms with Crippen LogP contribution < -0.4 is 14.8 Å². The summed E-state index contributed by atoms with van der Waals surface area (Å²) in [6.45, 7) is 2.36. The molecule has 2 heterocycles. The average molecular weight is 466 g/mol. The number of aromatic nitrogens is 6. The zero-order chi connectivity index (χ0) is 23.4. The lowest BCUT2D eigenvalue weighted by Gasteiger charge is -2.08. The number of nitrogens with one attached hydrogen (secondary N) is 3. The number of aromatic amines is 2. The Morgan fingerprint density at radius 3 is 2.73 bits per heavy atom. The second-order valence-corrected chi connectivity index (χ2v) is 7.63. The number of nitrogens with zero attached hydrogens (tertiary/aromatic N) is 4. The zero-order valence-electron chi connectivity index (χ0n) is 18.4. The van der Waals surface area contributed by atoms with Crippen molar-refractivity contribution in [1.82, 2.24) is 29.9 Å². The fourth-order valence-electron chi connectivity index (χ4n) is 3.36. The molecule has 0 spiro atoms. The number of hydrogen-bond donors (Lipinski definition) is 3. The van der Waals surface area contributed by atoms with Gasteiger partial charge in [-0.25, -0.2) is 0 Å². The molecule has 4 rings (SSSR count). The summed E-state index contributed by atoms with van der Waals surface area (Å²) in [7, 11) is 3.14. The van der Waals surface area contributed by atoms with Crippen LogP contribution in [0.5, 0.6) is 11.5 Å². The van der Waals surface area contributed by atoms with E-state index in [0.29, 0.717) is 40.0 Å². The lowest BCUT2D eigenvalue weighted by atomic mass is 10.1. The molecule has 170 valence electrons. The van der Waals surface area contributed by atoms with Crippen molar-refractivity contribution in [2.75, 3.05) is 19.5 Å². The van der Waals surface area contributed by atoms with Gasteiger partial charge in [-0.1, -0.05) is 23.8 Å². The maximum absolute atomic E-state index is 12.5. The Balaban J connectivity index is 1.44. The Morgan fingerprint density at radius 1 is 1.12 bits per heavy atom. The van der Waals surface area contributed by atoms with Crippen LogP contribution in [0, 0.1) is 11.7 Å². The highest BCUT2D eigenvalue weighted by Crippen LogP contribution is 2.31. The molecule has 0 saturated heterocycles. The maximum Gasteiger partial charge on any atom is 0.249 e. The molecule has 0 aliphatic carbocycles. The second-order valence-electron chi connectivity index (χ2n) is 7.25. The van der Waals surface area contributed by atoms with E-state index in [-0.39, 0.29) is 18.3 Å². The molecule has 0 aliphatic heterocycles. The van der Waals surface area contributed by atoms with Crippen LogP contribution in [0.2, 0.25) is 0 Å². The molecule has 33 heavy (non-hydrogen) atoms. The number of benzene rings is 2. The summed E-state index contributed by atoms with van der Waals surface area (Å²) in [5.74, 6) is 2.29. The van der Waals surface area contributed by atoms with Gasteiger partial charge in [0.1, 0.15) is 11.5 Å². The van der Waals surface area contributed by atoms with Crippen LogP contribution in [0.4, 0.5) is 5.95 Å². The standard InChI is InChI=1S/C22H23N7O3S/c1-13-5-4-6-14(11-13)20-26-28-22(33)29(20)10-9-18(30)23-21-24-19(25-27-21)16-8-7-15(31-2)12-17(16)32-3/h4-8,11-12H,9-10H2,1-3H3,(H,28,33)(H2,23,24,25,27,30). The third-order valence-corrected chi connectivity index (χ3v) is 5.31. The van der Waals surface area contributed by atoms with Crippen molar-refractivity contribution in [2.45, 2.75) is 19.9 Å². The number of anilines is 1. The van der Waals surface area contributed by atoms with Crippen LogP contribution in [0.15, 0.2) is 42.5 Å². The minimum Gasteiger partial charge on any atom is -0.497 e. The summed E-state index contributed by atoms with van der Waals surface area (Å²) in [6.07, 6.45) is 0.169. The number of H-pyrrole nitrogens is 2. The Morgan fingerprint density at radius 2 is 1.97 bits per heavy atom. The Labute approximate surface area is 195 Å². The molecule has 11 heteroatoms. The third-order valence-electron chi connectivity index (χ3n) is 5.00. The molecule has 0 saturated carbocycles. The van der Waals surface area contributed by atoms with Gasteiger partial charge in [0, 0.05) is 24.6 Å². The first-order valence-corrected chi connectivity index (χ1v) is 10.6. The van der Waals surface area contributed by atoms with Gasteiger partial charge in [-0.3, -0.25) is 24.9 Å². The van der Waals surface area contributed by atoms with Crippen molar-refractivity contribution < 1.29 is 14.3 Å². The molecular weight excluding hydrogens is 442 g/mol. The van der Waals surface area contributed by atoms with E-state index in [2.05, 4.69) is 30.7 Å². The molecular formula is C22H23N7O3S. The van der Waals surface area contributed by atoms with Gasteiger partial charge in [0.25, 0.3) is 0 Å². The Kier molecular flexibility index (Phi) is 6.50. The van der Waals surface area contributed by atoms with Crippen molar-refractivity contribution in [2.24, 2.45) is 0 Å². The number of rotatable bonds is 8. The topological polar surface area (TPSA) is 123 Å². The fourth-order valence-corrected chi connectivity index (χ4v) is 3.59. The van der Waals surface area contributed by atoms with Crippen molar-refractivity contribution in [3.63, 3.8) is 0 Å². The van der Waals surface area contributed by atoms with Crippen molar-refractivity contribution >= 4 is 24.1 Å². The van der Waals surface area contributed by atoms with E-state index in [1.54, 1.807) is 37.0 Å². The molecule has 0 radical (unpaired) electrons. The maximum atomic E-state index is 12.5. The van der Waals surface area contributed by atoms with Gasteiger partial charge in [0.15, 0.2) is 16.4 Å². The number of ether oxygens (including phenoxy) is 2. The number of methoxy groups -OCH3 is 2. The Bertz CT molecular complexity index is 1340. The van der Waals surface area contributed by atoms with E-state index >= 15 is 0 Å². The Hall–Kier alpha value is -3.99. The van der Waals surface area contributed by atoms with Crippen molar-refractivity contribution in [3.05, 3.63) is 52.8 Å². The monoisotopic (exact) mass is 465 g/mol. The molecule has 10 nitrogen and oxygen atoms in total. The molecule has 4 aromatic rings. The molecule has 0 fully saturated rings. The van der Waals surface area contributed by atoms with Gasteiger partial charge >= 0.3 is 0 Å². The summed E-state index contributed by atoms with van der Waals surface area (Å²) >= 11 is 5.35. The normalized spacial score (nSPS) is 10.8. The van der Waals surface area contributed by atoms with Crippen LogP contribution in [-0.4, -0.2) is 50.1 Å². The van der Waals surface area contributed by atoms with Crippen LogP contribution >= 0.6 is 12.2 Å². The fraction of sp³-hybridized carbons (Fsp3) is 0.227. The van der Waals surface area contributed by atoms with E-state index in [9.17, 15) is 4.79 Å². The highest BCUT2D eigenvalue weighted by atomic mass is 32.1. The van der Waals surface area contributed by atoms with Gasteiger partial charge in [-0.2, -0.15) is 10.1 Å². The van der Waals surface area contributed by atoms with Crippen LogP contribution in [-0.2, 0) is 11.3 Å². The molecule has 0 bridgehead atoms. The lowest BCUT2D eigenvalue weighted by molar-refractivity contribution is -0.116. The van der Waals surface area contributed by atoms with Crippen molar-refractivity contribution in [3.8, 4) is 34.3 Å². The van der Waals surface area contributed by atoms with E-state index in [1.165, 1.54) is 0 Å². The molecule has 2 aromatic heterocycles. The third kappa shape index (κ3) is 4.93. The smallest absolute Gasteiger partial charge is 0.249 e. The predicted octanol–water partition coefficient (Wildman–Crippen LogP) is 3.75. The van der Waals surface area contributed by atoms with Crippen molar-refractivity contribution in [1.29, 1.82) is 0 Å². The SMILES string of the molecule is COc1ccc(-c2nc(NC(=O)CCn3c(-c4cccc(C)c4)n[nH]c3=S)n[nH]2)c(OC)c1. The van der Waals surface area contributed by atoms with Gasteiger partial charge in [0.05, 0.1) is 19.8 Å². The second kappa shape index (κ2) is 9.65. The molecule has 2 aromatic carbocycles. The minimum absolute atomic E-state index is 0.169. The zero-order valence-corrected chi connectivity index (χ0v) is 19.2. The van der Waals surface area contributed by atoms with Crippen LogP contribution in [0.3, 0.4) is 0 Å². The first-order chi connectivity index (χ1) is 16.0. The van der Waals surface area contributed by atoms with E-state index in [4.69, 9.17) is 21.7 Å². The minimum atomic E-state index is -0.250. The average Bonchev–Trinajstić information content (AvgIpc) is 3.43. The highest BCUT2D eigenvalue weighted by Gasteiger charge is 2.15. The summed E-state index contributed by atoms with van der Waals surface area (Å²) < 4.78 is 12.9. The molecule has 0 aliphatic rings. The quantitative estimate of drug-likeness (QED) is 0.339. The van der Waals surface area contributed by atoms with Crippen LogP contribution in [0.25, 0.3) is 22.8 Å². The van der Waals surface area contributed by atoms with E-state index < -0.39 is 0 Å². The number of carbonyl (C=O) groups is 1. The number of hydrogen-bond acceptors (Lipinski definition) is 7. The molecule has 1 amide bonds. The largest absolute Gasteiger partial charge is 0.497 e. The van der Waals surface area contributed by atoms with E-state index in [0.717, 1.165) is 11.1 Å². The lowest BCUT2D eigenvalue weighted by Crippen LogP contribution is -2.16. The van der Waals surface area contributed by atoms with Gasteiger partial charge in [0.2, 0.25) is 11.9 Å². The summed E-state index contributed by atoms with van der Waals surface area (Å²) in [5.41, 5.74) is 2.73. The summed E-state index contributed by atoms with van der Waals surface area (Å²) in [6, 6.07) is 13.3. The molecule has 0 unspecified atom stereocenters. The predicted molar refractivity (Wildman–Crippen MR) is 126 cm³/mol.